The third-order valence-electron chi connectivity index (χ3n) is 2.47. The van der Waals surface area contributed by atoms with Crippen molar-refractivity contribution in [3.05, 3.63) is 53.7 Å². The standard InChI is InChI=1S/C13H13N3O/c1-17-10-5-2-4-9(8-10)12(14)11-6-3-7-16-13(11)15/h2-8,14H,1H3,(H2,15,16). The van der Waals surface area contributed by atoms with Crippen molar-refractivity contribution in [3.63, 3.8) is 0 Å². The first kappa shape index (κ1) is 11.1. The van der Waals surface area contributed by atoms with Crippen LogP contribution in [0.1, 0.15) is 11.1 Å². The number of benzene rings is 1. The molecule has 4 nitrogen and oxygen atoms in total. The molecule has 3 N–H and O–H groups in total. The lowest BCUT2D eigenvalue weighted by atomic mass is 10.0. The van der Waals surface area contributed by atoms with Crippen LogP contribution >= 0.6 is 0 Å². The second-order valence-corrected chi connectivity index (χ2v) is 3.54. The van der Waals surface area contributed by atoms with Crippen LogP contribution in [0.5, 0.6) is 5.75 Å². The quantitative estimate of drug-likeness (QED) is 0.788. The van der Waals surface area contributed by atoms with E-state index in [9.17, 15) is 0 Å². The van der Waals surface area contributed by atoms with E-state index in [1.807, 2.05) is 18.2 Å². The second kappa shape index (κ2) is 4.65. The minimum atomic E-state index is 0.342. The molecule has 1 aromatic carbocycles. The summed E-state index contributed by atoms with van der Waals surface area (Å²) in [6.45, 7) is 0. The molecule has 0 atom stereocenters. The van der Waals surface area contributed by atoms with Gasteiger partial charge in [-0.25, -0.2) is 4.98 Å². The lowest BCUT2D eigenvalue weighted by Gasteiger charge is -2.08. The van der Waals surface area contributed by atoms with Gasteiger partial charge in [0.25, 0.3) is 0 Å². The smallest absolute Gasteiger partial charge is 0.132 e. The number of aromatic nitrogens is 1. The van der Waals surface area contributed by atoms with Crippen LogP contribution in [0.4, 0.5) is 5.82 Å². The zero-order chi connectivity index (χ0) is 12.3. The Morgan fingerprint density at radius 3 is 2.82 bits per heavy atom. The minimum absolute atomic E-state index is 0.342. The van der Waals surface area contributed by atoms with E-state index in [4.69, 9.17) is 15.9 Å². The van der Waals surface area contributed by atoms with Crippen molar-refractivity contribution >= 4 is 11.5 Å². The molecular formula is C13H13N3O. The van der Waals surface area contributed by atoms with Gasteiger partial charge in [-0.3, -0.25) is 5.41 Å². The third-order valence-corrected chi connectivity index (χ3v) is 2.47. The molecule has 0 aliphatic rings. The number of pyridine rings is 1. The molecule has 4 heteroatoms. The van der Waals surface area contributed by atoms with Crippen LogP contribution in [0.2, 0.25) is 0 Å². The number of rotatable bonds is 3. The molecule has 2 aromatic rings. The third kappa shape index (κ3) is 2.25. The summed E-state index contributed by atoms with van der Waals surface area (Å²) in [7, 11) is 1.60. The van der Waals surface area contributed by atoms with Crippen molar-refractivity contribution in [2.75, 3.05) is 12.8 Å². The SMILES string of the molecule is COc1cccc(C(=N)c2cccnc2N)c1. The van der Waals surface area contributed by atoms with Gasteiger partial charge in [-0.15, -0.1) is 0 Å². The fourth-order valence-corrected chi connectivity index (χ4v) is 1.56. The predicted molar refractivity (Wildman–Crippen MR) is 67.6 cm³/mol. The molecule has 0 amide bonds. The molecular weight excluding hydrogens is 214 g/mol. The average molecular weight is 227 g/mol. The van der Waals surface area contributed by atoms with E-state index in [0.29, 0.717) is 17.1 Å². The molecule has 0 saturated heterocycles. The number of ether oxygens (including phenoxy) is 1. The Labute approximate surface area is 99.6 Å². The molecule has 17 heavy (non-hydrogen) atoms. The Hall–Kier alpha value is -2.36. The van der Waals surface area contributed by atoms with Gasteiger partial charge >= 0.3 is 0 Å². The van der Waals surface area contributed by atoms with E-state index in [2.05, 4.69) is 4.98 Å². The molecule has 0 saturated carbocycles. The number of nitrogen functional groups attached to an aromatic ring is 1. The highest BCUT2D eigenvalue weighted by atomic mass is 16.5. The molecule has 0 radical (unpaired) electrons. The van der Waals surface area contributed by atoms with E-state index in [-0.39, 0.29) is 0 Å². The summed E-state index contributed by atoms with van der Waals surface area (Å²) in [5.74, 6) is 1.08. The van der Waals surface area contributed by atoms with Crippen molar-refractivity contribution in [3.8, 4) is 5.75 Å². The Bertz CT molecular complexity index is 552. The zero-order valence-corrected chi connectivity index (χ0v) is 9.47. The highest BCUT2D eigenvalue weighted by molar-refractivity contribution is 6.13. The predicted octanol–water partition coefficient (Wildman–Crippen LogP) is 2.09. The van der Waals surface area contributed by atoms with Crippen molar-refractivity contribution in [1.29, 1.82) is 5.41 Å². The number of hydrogen-bond donors (Lipinski definition) is 2. The van der Waals surface area contributed by atoms with Crippen LogP contribution in [-0.4, -0.2) is 17.8 Å². The molecule has 86 valence electrons. The number of hydrogen-bond acceptors (Lipinski definition) is 4. The topological polar surface area (TPSA) is 72.0 Å². The van der Waals surface area contributed by atoms with E-state index >= 15 is 0 Å². The van der Waals surface area contributed by atoms with Crippen LogP contribution in [0.15, 0.2) is 42.6 Å². The molecule has 1 heterocycles. The Morgan fingerprint density at radius 1 is 1.29 bits per heavy atom. The maximum absolute atomic E-state index is 8.11. The summed E-state index contributed by atoms with van der Waals surface area (Å²) in [5, 5.41) is 8.11. The molecule has 0 spiro atoms. The normalized spacial score (nSPS) is 9.94. The summed E-state index contributed by atoms with van der Waals surface area (Å²) in [5.41, 5.74) is 7.47. The van der Waals surface area contributed by atoms with Gasteiger partial charge in [0.2, 0.25) is 0 Å². The molecule has 0 unspecified atom stereocenters. The molecule has 0 aliphatic heterocycles. The molecule has 0 bridgehead atoms. The molecule has 2 rings (SSSR count). The van der Waals surface area contributed by atoms with Gasteiger partial charge in [0.1, 0.15) is 11.6 Å². The summed E-state index contributed by atoms with van der Waals surface area (Å²) in [6.07, 6.45) is 1.61. The highest BCUT2D eigenvalue weighted by Crippen LogP contribution is 2.18. The Morgan fingerprint density at radius 2 is 2.12 bits per heavy atom. The van der Waals surface area contributed by atoms with Crippen LogP contribution in [-0.2, 0) is 0 Å². The summed E-state index contributed by atoms with van der Waals surface area (Å²) in [4.78, 5) is 3.97. The van der Waals surface area contributed by atoms with Gasteiger partial charge < -0.3 is 10.5 Å². The first-order chi connectivity index (χ1) is 8.22. The van der Waals surface area contributed by atoms with E-state index < -0.39 is 0 Å². The number of methoxy groups -OCH3 is 1. The molecule has 0 fully saturated rings. The maximum Gasteiger partial charge on any atom is 0.132 e. The Kier molecular flexibility index (Phi) is 3.05. The lowest BCUT2D eigenvalue weighted by Crippen LogP contribution is -2.06. The largest absolute Gasteiger partial charge is 0.497 e. The van der Waals surface area contributed by atoms with Gasteiger partial charge in [0.15, 0.2) is 0 Å². The van der Waals surface area contributed by atoms with Crippen LogP contribution in [0.3, 0.4) is 0 Å². The van der Waals surface area contributed by atoms with Crippen LogP contribution < -0.4 is 10.5 Å². The van der Waals surface area contributed by atoms with Crippen molar-refractivity contribution < 1.29 is 4.74 Å². The second-order valence-electron chi connectivity index (χ2n) is 3.54. The van der Waals surface area contributed by atoms with Crippen LogP contribution in [0.25, 0.3) is 0 Å². The van der Waals surface area contributed by atoms with Gasteiger partial charge in [-0.05, 0) is 24.3 Å². The lowest BCUT2D eigenvalue weighted by molar-refractivity contribution is 0.414. The fourth-order valence-electron chi connectivity index (χ4n) is 1.56. The zero-order valence-electron chi connectivity index (χ0n) is 9.47. The first-order valence-corrected chi connectivity index (χ1v) is 5.16. The number of nitrogens with two attached hydrogens (primary N) is 1. The monoisotopic (exact) mass is 227 g/mol. The minimum Gasteiger partial charge on any atom is -0.497 e. The van der Waals surface area contributed by atoms with Crippen molar-refractivity contribution in [1.82, 2.24) is 4.98 Å². The molecule has 1 aromatic heterocycles. The van der Waals surface area contributed by atoms with E-state index in [1.54, 1.807) is 31.5 Å². The van der Waals surface area contributed by atoms with Gasteiger partial charge in [0.05, 0.1) is 12.8 Å². The highest BCUT2D eigenvalue weighted by Gasteiger charge is 2.09. The van der Waals surface area contributed by atoms with Gasteiger partial charge in [0, 0.05) is 17.3 Å². The van der Waals surface area contributed by atoms with Gasteiger partial charge in [-0.2, -0.15) is 0 Å². The van der Waals surface area contributed by atoms with E-state index in [1.165, 1.54) is 0 Å². The first-order valence-electron chi connectivity index (χ1n) is 5.16. The number of anilines is 1. The van der Waals surface area contributed by atoms with Crippen molar-refractivity contribution in [2.45, 2.75) is 0 Å². The average Bonchev–Trinajstić information content (AvgIpc) is 2.38. The summed E-state index contributed by atoms with van der Waals surface area (Å²) in [6, 6.07) is 10.9. The van der Waals surface area contributed by atoms with Gasteiger partial charge in [-0.1, -0.05) is 12.1 Å². The number of nitrogens with one attached hydrogen (secondary N) is 1. The van der Waals surface area contributed by atoms with Crippen molar-refractivity contribution in [2.24, 2.45) is 0 Å². The van der Waals surface area contributed by atoms with Crippen LogP contribution in [0, 0.1) is 5.41 Å². The summed E-state index contributed by atoms with van der Waals surface area (Å²) >= 11 is 0. The Balaban J connectivity index is 2.40. The summed E-state index contributed by atoms with van der Waals surface area (Å²) < 4.78 is 5.13. The number of nitrogens with zero attached hydrogens (tertiary/aromatic N) is 1. The maximum atomic E-state index is 8.11. The fraction of sp³-hybridized carbons (Fsp3) is 0.0769. The van der Waals surface area contributed by atoms with E-state index in [0.717, 1.165) is 11.3 Å². The molecule has 0 aliphatic carbocycles.